The largest absolute Gasteiger partial charge is 0.458 e. The van der Waals surface area contributed by atoms with Crippen molar-refractivity contribution in [3.8, 4) is 0 Å². The van der Waals surface area contributed by atoms with Crippen LogP contribution in [0.5, 0.6) is 0 Å². The smallest absolute Gasteiger partial charge is 0.310 e. The number of thiazole rings is 1. The summed E-state index contributed by atoms with van der Waals surface area (Å²) in [6, 6.07) is 17.8. The maximum Gasteiger partial charge on any atom is 0.310 e. The highest BCUT2D eigenvalue weighted by molar-refractivity contribution is 7.22. The van der Waals surface area contributed by atoms with E-state index in [1.54, 1.807) is 11.3 Å². The molecule has 2 aromatic carbocycles. The fraction of sp³-hybridized carbons (Fsp3) is 0.222. The molecule has 0 radical (unpaired) electrons. The maximum atomic E-state index is 11.9. The summed E-state index contributed by atoms with van der Waals surface area (Å²) in [6.07, 6.45) is 0.302. The molecule has 0 bridgehead atoms. The Hall–Kier alpha value is -2.40. The van der Waals surface area contributed by atoms with Gasteiger partial charge >= 0.3 is 5.97 Å². The van der Waals surface area contributed by atoms with Crippen LogP contribution in [-0.2, 0) is 16.0 Å². The highest BCUT2D eigenvalue weighted by Crippen LogP contribution is 2.31. The molecule has 4 rings (SSSR count). The van der Waals surface area contributed by atoms with Crippen molar-refractivity contribution in [1.29, 1.82) is 0 Å². The molecule has 0 unspecified atom stereocenters. The van der Waals surface area contributed by atoms with Crippen LogP contribution in [0.2, 0.25) is 0 Å². The Morgan fingerprint density at radius 1 is 1.13 bits per heavy atom. The van der Waals surface area contributed by atoms with Crippen LogP contribution in [0.4, 0.5) is 5.13 Å². The molecule has 3 aromatic rings. The number of para-hydroxylation sites is 1. The van der Waals surface area contributed by atoms with Crippen LogP contribution in [0.15, 0.2) is 54.6 Å². The molecular weight excluding hydrogens is 308 g/mol. The van der Waals surface area contributed by atoms with Gasteiger partial charge in [0.05, 0.1) is 29.7 Å². The molecule has 23 heavy (non-hydrogen) atoms. The number of fused-ring (bicyclic) bond motifs is 1. The summed E-state index contributed by atoms with van der Waals surface area (Å²) in [5.41, 5.74) is 2.01. The lowest BCUT2D eigenvalue weighted by Crippen LogP contribution is -2.53. The van der Waals surface area contributed by atoms with Crippen LogP contribution in [0.25, 0.3) is 10.2 Å². The van der Waals surface area contributed by atoms with Crippen molar-refractivity contribution in [3.63, 3.8) is 0 Å². The lowest BCUT2D eigenvalue weighted by Gasteiger charge is -2.38. The van der Waals surface area contributed by atoms with E-state index >= 15 is 0 Å². The fourth-order valence-electron chi connectivity index (χ4n) is 2.65. The standard InChI is InChI=1S/C18H16N2O2S/c21-17(10-13-6-2-1-3-7-13)22-14-11-20(12-14)18-19-15-8-4-5-9-16(15)23-18/h1-9,14H,10-12H2. The van der Waals surface area contributed by atoms with Crippen molar-refractivity contribution in [3.05, 3.63) is 60.2 Å². The summed E-state index contributed by atoms with van der Waals surface area (Å²) in [6.45, 7) is 1.45. The second-order valence-electron chi connectivity index (χ2n) is 5.64. The van der Waals surface area contributed by atoms with Gasteiger partial charge in [0.15, 0.2) is 5.13 Å². The number of benzene rings is 2. The van der Waals surface area contributed by atoms with E-state index in [0.717, 1.165) is 29.3 Å². The van der Waals surface area contributed by atoms with Crippen LogP contribution in [0, 0.1) is 0 Å². The van der Waals surface area contributed by atoms with E-state index in [4.69, 9.17) is 4.74 Å². The average molecular weight is 324 g/mol. The second-order valence-corrected chi connectivity index (χ2v) is 6.65. The number of carbonyl (C=O) groups is 1. The summed E-state index contributed by atoms with van der Waals surface area (Å²) in [7, 11) is 0. The van der Waals surface area contributed by atoms with E-state index in [2.05, 4.69) is 16.0 Å². The van der Waals surface area contributed by atoms with Gasteiger partial charge in [-0.1, -0.05) is 53.8 Å². The molecule has 0 aliphatic carbocycles. The molecule has 5 heteroatoms. The molecule has 0 amide bonds. The lowest BCUT2D eigenvalue weighted by molar-refractivity contribution is -0.149. The summed E-state index contributed by atoms with van der Waals surface area (Å²) < 4.78 is 6.70. The van der Waals surface area contributed by atoms with Gasteiger partial charge in [0.25, 0.3) is 0 Å². The van der Waals surface area contributed by atoms with Crippen LogP contribution in [-0.4, -0.2) is 30.1 Å². The minimum atomic E-state index is -0.162. The van der Waals surface area contributed by atoms with E-state index in [9.17, 15) is 4.79 Å². The lowest BCUT2D eigenvalue weighted by atomic mass is 10.1. The number of nitrogens with zero attached hydrogens (tertiary/aromatic N) is 2. The van der Waals surface area contributed by atoms with Gasteiger partial charge in [-0.2, -0.15) is 0 Å². The topological polar surface area (TPSA) is 42.4 Å². The number of hydrogen-bond donors (Lipinski definition) is 0. The predicted molar refractivity (Wildman–Crippen MR) is 91.9 cm³/mol. The fourth-order valence-corrected chi connectivity index (χ4v) is 3.64. The monoisotopic (exact) mass is 324 g/mol. The van der Waals surface area contributed by atoms with Crippen molar-refractivity contribution in [1.82, 2.24) is 4.98 Å². The Bertz CT molecular complexity index is 792. The third-order valence-corrected chi connectivity index (χ3v) is 4.99. The van der Waals surface area contributed by atoms with Gasteiger partial charge < -0.3 is 9.64 Å². The molecule has 1 aliphatic rings. The molecule has 0 spiro atoms. The molecule has 1 aromatic heterocycles. The number of esters is 1. The number of rotatable bonds is 4. The molecule has 2 heterocycles. The minimum absolute atomic E-state index is 0.0294. The summed E-state index contributed by atoms with van der Waals surface area (Å²) in [5.74, 6) is -0.162. The Labute approximate surface area is 138 Å². The zero-order chi connectivity index (χ0) is 15.6. The van der Waals surface area contributed by atoms with Crippen LogP contribution >= 0.6 is 11.3 Å². The molecule has 1 fully saturated rings. The van der Waals surface area contributed by atoms with E-state index < -0.39 is 0 Å². The Morgan fingerprint density at radius 2 is 1.87 bits per heavy atom. The molecule has 0 saturated carbocycles. The summed E-state index contributed by atoms with van der Waals surface area (Å²) >= 11 is 1.68. The van der Waals surface area contributed by atoms with Crippen LogP contribution < -0.4 is 4.90 Å². The van der Waals surface area contributed by atoms with E-state index in [0.29, 0.717) is 6.42 Å². The summed E-state index contributed by atoms with van der Waals surface area (Å²) in [5, 5.41) is 1.00. The van der Waals surface area contributed by atoms with Gasteiger partial charge in [-0.05, 0) is 17.7 Å². The van der Waals surface area contributed by atoms with E-state index in [1.807, 2.05) is 48.5 Å². The van der Waals surface area contributed by atoms with Crippen molar-refractivity contribution in [2.24, 2.45) is 0 Å². The first-order chi connectivity index (χ1) is 11.3. The third kappa shape index (κ3) is 3.05. The average Bonchev–Trinajstić information content (AvgIpc) is 2.94. The third-order valence-electron chi connectivity index (χ3n) is 3.89. The molecule has 4 nitrogen and oxygen atoms in total. The van der Waals surface area contributed by atoms with Gasteiger partial charge in [-0.25, -0.2) is 4.98 Å². The van der Waals surface area contributed by atoms with E-state index in [-0.39, 0.29) is 12.1 Å². The molecule has 1 saturated heterocycles. The SMILES string of the molecule is O=C(Cc1ccccc1)OC1CN(c2nc3ccccc3s2)C1. The van der Waals surface area contributed by atoms with Gasteiger partial charge in [0.1, 0.15) is 6.10 Å². The minimum Gasteiger partial charge on any atom is -0.458 e. The van der Waals surface area contributed by atoms with Crippen molar-refractivity contribution in [2.75, 3.05) is 18.0 Å². The normalized spacial score (nSPS) is 14.7. The number of carbonyl (C=O) groups excluding carboxylic acids is 1. The van der Waals surface area contributed by atoms with E-state index in [1.165, 1.54) is 4.70 Å². The number of hydrogen-bond acceptors (Lipinski definition) is 5. The highest BCUT2D eigenvalue weighted by atomic mass is 32.1. The second kappa shape index (κ2) is 6.01. The Balaban J connectivity index is 1.32. The van der Waals surface area contributed by atoms with Crippen LogP contribution in [0.1, 0.15) is 5.56 Å². The number of aromatic nitrogens is 1. The molecular formula is C18H16N2O2S. The molecule has 0 atom stereocenters. The molecule has 116 valence electrons. The van der Waals surface area contributed by atoms with Gasteiger partial charge in [-0.15, -0.1) is 0 Å². The van der Waals surface area contributed by atoms with Gasteiger partial charge in [-0.3, -0.25) is 4.79 Å². The van der Waals surface area contributed by atoms with Crippen molar-refractivity contribution in [2.45, 2.75) is 12.5 Å². The van der Waals surface area contributed by atoms with Crippen molar-refractivity contribution >= 4 is 32.7 Å². The predicted octanol–water partition coefficient (Wildman–Crippen LogP) is 3.27. The zero-order valence-electron chi connectivity index (χ0n) is 12.5. The first kappa shape index (κ1) is 14.2. The zero-order valence-corrected chi connectivity index (χ0v) is 13.3. The Kier molecular flexibility index (Phi) is 3.71. The maximum absolute atomic E-state index is 11.9. The Morgan fingerprint density at radius 3 is 2.65 bits per heavy atom. The molecule has 1 aliphatic heterocycles. The number of anilines is 1. The van der Waals surface area contributed by atoms with Gasteiger partial charge in [0, 0.05) is 0 Å². The van der Waals surface area contributed by atoms with Gasteiger partial charge in [0.2, 0.25) is 0 Å². The number of ether oxygens (including phenoxy) is 1. The van der Waals surface area contributed by atoms with Crippen molar-refractivity contribution < 1.29 is 9.53 Å². The summed E-state index contributed by atoms with van der Waals surface area (Å²) in [4.78, 5) is 18.7. The molecule has 0 N–H and O–H groups in total. The highest BCUT2D eigenvalue weighted by Gasteiger charge is 2.32. The quantitative estimate of drug-likeness (QED) is 0.691. The first-order valence-corrected chi connectivity index (χ1v) is 8.43. The van der Waals surface area contributed by atoms with Crippen LogP contribution in [0.3, 0.4) is 0 Å². The first-order valence-electron chi connectivity index (χ1n) is 7.62.